The van der Waals surface area contributed by atoms with Crippen LogP contribution in [-0.2, 0) is 10.9 Å². The first-order valence-corrected chi connectivity index (χ1v) is 13.6. The molecule has 0 bridgehead atoms. The molecule has 1 saturated heterocycles. The lowest BCUT2D eigenvalue weighted by molar-refractivity contribution is -0.137. The average molecular weight is 618 g/mol. The first kappa shape index (κ1) is 30.1. The highest BCUT2D eigenvalue weighted by Crippen LogP contribution is 2.36. The van der Waals surface area contributed by atoms with Gasteiger partial charge in [-0.15, -0.1) is 0 Å². The van der Waals surface area contributed by atoms with Crippen LogP contribution in [0.5, 0.6) is 11.6 Å². The summed E-state index contributed by atoms with van der Waals surface area (Å²) in [5.74, 6) is 0.377. The molecule has 0 unspecified atom stereocenters. The predicted molar refractivity (Wildman–Crippen MR) is 153 cm³/mol. The van der Waals surface area contributed by atoms with E-state index in [2.05, 4.69) is 30.9 Å². The highest BCUT2D eigenvalue weighted by molar-refractivity contribution is 6.31. The molecule has 226 valence electrons. The lowest BCUT2D eigenvalue weighted by Crippen LogP contribution is -2.41. The highest BCUT2D eigenvalue weighted by atomic mass is 35.5. The van der Waals surface area contributed by atoms with E-state index in [0.717, 1.165) is 31.8 Å². The Morgan fingerprint density at radius 1 is 1.07 bits per heavy atom. The maximum Gasteiger partial charge on any atom is 0.417 e. The maximum atomic E-state index is 13.1. The molecule has 4 aromatic rings. The van der Waals surface area contributed by atoms with Crippen molar-refractivity contribution in [2.24, 2.45) is 0 Å². The van der Waals surface area contributed by atoms with Crippen LogP contribution in [0.15, 0.2) is 55.0 Å². The Morgan fingerprint density at radius 2 is 1.77 bits per heavy atom. The lowest BCUT2D eigenvalue weighted by atomic mass is 10.2. The lowest BCUT2D eigenvalue weighted by Gasteiger charge is -2.26. The van der Waals surface area contributed by atoms with Gasteiger partial charge in [-0.3, -0.25) is 9.69 Å². The molecular formula is C28H27ClF3N7O4. The van der Waals surface area contributed by atoms with Crippen molar-refractivity contribution < 1.29 is 32.2 Å². The molecule has 5 rings (SSSR count). The monoisotopic (exact) mass is 617 g/mol. The van der Waals surface area contributed by atoms with Gasteiger partial charge in [-0.05, 0) is 55.0 Å². The molecule has 0 spiro atoms. The Labute approximate surface area is 248 Å². The van der Waals surface area contributed by atoms with Gasteiger partial charge in [0.05, 0.1) is 29.4 Å². The molecule has 0 radical (unpaired) electrons. The normalized spacial score (nSPS) is 14.0. The van der Waals surface area contributed by atoms with E-state index < -0.39 is 22.8 Å². The van der Waals surface area contributed by atoms with Crippen LogP contribution in [0, 0.1) is 6.92 Å². The number of hydrogen-bond donors (Lipinski definition) is 3. The van der Waals surface area contributed by atoms with Crippen molar-refractivity contribution >= 4 is 40.4 Å². The average Bonchev–Trinajstić information content (AvgIpc) is 3.32. The van der Waals surface area contributed by atoms with Crippen LogP contribution in [0.4, 0.5) is 29.3 Å². The van der Waals surface area contributed by atoms with Gasteiger partial charge in [0.1, 0.15) is 17.6 Å². The van der Waals surface area contributed by atoms with Gasteiger partial charge >= 0.3 is 12.2 Å². The summed E-state index contributed by atoms with van der Waals surface area (Å²) >= 11 is 5.63. The van der Waals surface area contributed by atoms with Gasteiger partial charge in [0, 0.05) is 43.8 Å². The molecule has 1 aliphatic rings. The van der Waals surface area contributed by atoms with E-state index in [1.54, 1.807) is 37.4 Å². The molecule has 0 atom stereocenters. The third-order valence-corrected chi connectivity index (χ3v) is 7.04. The Hall–Kier alpha value is -4.40. The summed E-state index contributed by atoms with van der Waals surface area (Å²) in [6, 6.07) is 8.59. The summed E-state index contributed by atoms with van der Waals surface area (Å²) < 4.78 is 52.1. The number of rotatable bonds is 8. The number of nitrogens with zero attached hydrogens (tertiary/aromatic N) is 4. The van der Waals surface area contributed by atoms with Crippen LogP contribution in [-0.4, -0.2) is 70.8 Å². The van der Waals surface area contributed by atoms with E-state index in [0.29, 0.717) is 47.8 Å². The van der Waals surface area contributed by atoms with Crippen LogP contribution >= 0.6 is 11.6 Å². The second kappa shape index (κ2) is 12.9. The molecule has 11 nitrogen and oxygen atoms in total. The summed E-state index contributed by atoms with van der Waals surface area (Å²) in [7, 11) is 0. The SMILES string of the molecule is Cc1c(C(=O)NCCN2CCOCC2)cn2ncnc(Oc3ccc(NC(=O)Nc4ccc(Cl)c(C(F)(F)F)c4)cc3)c12. The number of alkyl halides is 3. The Bertz CT molecular complexity index is 1620. The molecule has 0 saturated carbocycles. The third-order valence-electron chi connectivity index (χ3n) is 6.71. The highest BCUT2D eigenvalue weighted by Gasteiger charge is 2.33. The number of halogens is 4. The first-order chi connectivity index (χ1) is 20.6. The zero-order valence-electron chi connectivity index (χ0n) is 22.9. The smallest absolute Gasteiger partial charge is 0.417 e. The molecule has 2 aromatic carbocycles. The quantitative estimate of drug-likeness (QED) is 0.248. The van der Waals surface area contributed by atoms with Gasteiger partial charge < -0.3 is 25.4 Å². The van der Waals surface area contributed by atoms with Gasteiger partial charge in [0.25, 0.3) is 5.91 Å². The van der Waals surface area contributed by atoms with E-state index in [4.69, 9.17) is 21.1 Å². The number of benzene rings is 2. The second-order valence-electron chi connectivity index (χ2n) is 9.63. The Kier molecular flexibility index (Phi) is 8.99. The van der Waals surface area contributed by atoms with E-state index in [9.17, 15) is 22.8 Å². The number of carbonyl (C=O) groups is 2. The fourth-order valence-electron chi connectivity index (χ4n) is 4.51. The van der Waals surface area contributed by atoms with Gasteiger partial charge in [-0.25, -0.2) is 9.31 Å². The third kappa shape index (κ3) is 7.34. The van der Waals surface area contributed by atoms with Crippen molar-refractivity contribution in [1.29, 1.82) is 0 Å². The van der Waals surface area contributed by atoms with Crippen LogP contribution in [0.1, 0.15) is 21.5 Å². The number of nitrogens with one attached hydrogen (secondary N) is 3. The summed E-state index contributed by atoms with van der Waals surface area (Å²) in [4.78, 5) is 31.7. The molecular weight excluding hydrogens is 591 g/mol. The van der Waals surface area contributed by atoms with Crippen molar-refractivity contribution in [2.45, 2.75) is 13.1 Å². The zero-order chi connectivity index (χ0) is 30.6. The number of carbonyl (C=O) groups excluding carboxylic acids is 2. The minimum absolute atomic E-state index is 0.0744. The number of ether oxygens (including phenoxy) is 2. The number of anilines is 2. The molecule has 1 fully saturated rings. The maximum absolute atomic E-state index is 13.1. The zero-order valence-corrected chi connectivity index (χ0v) is 23.6. The topological polar surface area (TPSA) is 122 Å². The first-order valence-electron chi connectivity index (χ1n) is 13.2. The Balaban J connectivity index is 1.21. The summed E-state index contributed by atoms with van der Waals surface area (Å²) in [5, 5.41) is 11.6. The van der Waals surface area contributed by atoms with Crippen molar-refractivity contribution in [2.75, 3.05) is 50.0 Å². The molecule has 3 N–H and O–H groups in total. The molecule has 3 amide bonds. The number of urea groups is 1. The van der Waals surface area contributed by atoms with Gasteiger partial charge in [0.15, 0.2) is 0 Å². The number of aryl methyl sites for hydroxylation is 1. The predicted octanol–water partition coefficient (Wildman–Crippen LogP) is 5.21. The van der Waals surface area contributed by atoms with Crippen molar-refractivity contribution in [3.05, 3.63) is 76.7 Å². The van der Waals surface area contributed by atoms with Crippen molar-refractivity contribution in [3.63, 3.8) is 0 Å². The number of fused-ring (bicyclic) bond motifs is 1. The molecule has 1 aliphatic heterocycles. The minimum Gasteiger partial charge on any atom is -0.437 e. The van der Waals surface area contributed by atoms with Crippen LogP contribution < -0.4 is 20.7 Å². The minimum atomic E-state index is -4.66. The largest absolute Gasteiger partial charge is 0.437 e. The summed E-state index contributed by atoms with van der Waals surface area (Å²) in [6.07, 6.45) is -1.73. The fraction of sp³-hybridized carbons (Fsp3) is 0.286. The molecule has 0 aliphatic carbocycles. The van der Waals surface area contributed by atoms with E-state index >= 15 is 0 Å². The van der Waals surface area contributed by atoms with E-state index in [1.807, 2.05) is 0 Å². The van der Waals surface area contributed by atoms with Gasteiger partial charge in [0.2, 0.25) is 5.88 Å². The fourth-order valence-corrected chi connectivity index (χ4v) is 4.74. The summed E-state index contributed by atoms with van der Waals surface area (Å²) in [6.45, 7) is 6.05. The summed E-state index contributed by atoms with van der Waals surface area (Å²) in [5.41, 5.74) is 0.837. The van der Waals surface area contributed by atoms with Crippen molar-refractivity contribution in [1.82, 2.24) is 24.8 Å². The second-order valence-corrected chi connectivity index (χ2v) is 10.0. The number of aromatic nitrogens is 3. The van der Waals surface area contributed by atoms with Crippen LogP contribution in [0.2, 0.25) is 5.02 Å². The van der Waals surface area contributed by atoms with E-state index in [1.165, 1.54) is 16.9 Å². The van der Waals surface area contributed by atoms with Crippen molar-refractivity contribution in [3.8, 4) is 11.6 Å². The number of morpholine rings is 1. The number of amides is 3. The number of hydrogen-bond acceptors (Lipinski definition) is 7. The molecule has 2 aromatic heterocycles. The molecule has 43 heavy (non-hydrogen) atoms. The van der Waals surface area contributed by atoms with Crippen LogP contribution in [0.25, 0.3) is 5.52 Å². The van der Waals surface area contributed by atoms with Gasteiger partial charge in [-0.2, -0.15) is 23.3 Å². The standard InChI is InChI=1S/C28H27ClF3N7O4/c1-17-21(25(40)33-8-9-38-10-12-42-13-11-38)15-39-24(17)26(34-16-35-39)43-20-5-2-18(3-6-20)36-27(41)37-19-4-7-23(29)22(14-19)28(30,31)32/h2-7,14-16H,8-13H2,1H3,(H,33,40)(H2,36,37,41). The van der Waals surface area contributed by atoms with E-state index in [-0.39, 0.29) is 17.5 Å². The molecule has 15 heteroatoms. The Morgan fingerprint density at radius 3 is 2.49 bits per heavy atom. The van der Waals surface area contributed by atoms with Crippen LogP contribution in [0.3, 0.4) is 0 Å². The van der Waals surface area contributed by atoms with Gasteiger partial charge in [-0.1, -0.05) is 11.6 Å². The molecule has 3 heterocycles.